The molecule has 3 aromatic carbocycles. The Morgan fingerprint density at radius 1 is 1.18 bits per heavy atom. The van der Waals surface area contributed by atoms with Crippen LogP contribution in [0.5, 0.6) is 5.75 Å². The number of unbranched alkanes of at least 4 members (excludes halogenated alkanes) is 1. The fraction of sp³-hybridized carbons (Fsp3) is 0.185. The van der Waals surface area contributed by atoms with Crippen molar-refractivity contribution in [1.29, 1.82) is 0 Å². The maximum Gasteiger partial charge on any atom is 0.282 e. The van der Waals surface area contributed by atoms with Gasteiger partial charge in [0, 0.05) is 34.3 Å². The van der Waals surface area contributed by atoms with E-state index in [1.54, 1.807) is 36.4 Å². The summed E-state index contributed by atoms with van der Waals surface area (Å²) in [6.45, 7) is 1.70. The van der Waals surface area contributed by atoms with E-state index in [1.807, 2.05) is 19.1 Å². The van der Waals surface area contributed by atoms with Crippen LogP contribution in [-0.2, 0) is 11.2 Å². The molecule has 0 spiro atoms. The zero-order chi connectivity index (χ0) is 27.1. The number of aromatic nitrogens is 2. The van der Waals surface area contributed by atoms with Crippen LogP contribution >= 0.6 is 15.9 Å². The van der Waals surface area contributed by atoms with Gasteiger partial charge in [-0.1, -0.05) is 47.5 Å². The number of nitro benzene ring substituents is 1. The lowest BCUT2D eigenvalue weighted by Crippen LogP contribution is -2.23. The van der Waals surface area contributed by atoms with E-state index in [1.165, 1.54) is 29.1 Å². The first-order valence-electron chi connectivity index (χ1n) is 11.9. The van der Waals surface area contributed by atoms with Crippen LogP contribution in [0.15, 0.2) is 81.1 Å². The Bertz CT molecular complexity index is 1570. The predicted octanol–water partition coefficient (Wildman–Crippen LogP) is 5.31. The lowest BCUT2D eigenvalue weighted by Gasteiger charge is -2.11. The molecule has 0 saturated carbocycles. The summed E-state index contributed by atoms with van der Waals surface area (Å²) in [6, 6.07) is 18.1. The fourth-order valence-corrected chi connectivity index (χ4v) is 4.04. The van der Waals surface area contributed by atoms with Crippen molar-refractivity contribution in [2.24, 2.45) is 5.10 Å². The third-order valence-electron chi connectivity index (χ3n) is 5.56. The highest BCUT2D eigenvalue weighted by Crippen LogP contribution is 2.23. The van der Waals surface area contributed by atoms with Gasteiger partial charge in [-0.2, -0.15) is 9.78 Å². The molecule has 11 heteroatoms. The number of rotatable bonds is 10. The van der Waals surface area contributed by atoms with Gasteiger partial charge < -0.3 is 10.1 Å². The molecular weight excluding hydrogens is 554 g/mol. The van der Waals surface area contributed by atoms with Crippen molar-refractivity contribution >= 4 is 50.3 Å². The Balaban J connectivity index is 1.67. The van der Waals surface area contributed by atoms with Crippen molar-refractivity contribution < 1.29 is 14.5 Å². The number of nitrogens with one attached hydrogen (secondary N) is 1. The number of nitro groups is 1. The molecule has 0 aliphatic rings. The van der Waals surface area contributed by atoms with Crippen molar-refractivity contribution in [3.05, 3.63) is 103 Å². The van der Waals surface area contributed by atoms with E-state index in [-0.39, 0.29) is 29.2 Å². The van der Waals surface area contributed by atoms with Crippen LogP contribution in [0.1, 0.15) is 31.2 Å². The molecule has 1 N–H and O–H groups in total. The van der Waals surface area contributed by atoms with Gasteiger partial charge in [-0.05, 0) is 42.8 Å². The molecular formula is C27H24BrN5O5. The molecule has 10 nitrogen and oxygen atoms in total. The number of para-hydroxylation sites is 1. The second kappa shape index (κ2) is 12.2. The van der Waals surface area contributed by atoms with Crippen molar-refractivity contribution in [2.75, 3.05) is 11.9 Å². The van der Waals surface area contributed by atoms with E-state index in [0.29, 0.717) is 28.8 Å². The second-order valence-corrected chi connectivity index (χ2v) is 9.25. The summed E-state index contributed by atoms with van der Waals surface area (Å²) < 4.78 is 7.60. The Labute approximate surface area is 226 Å². The van der Waals surface area contributed by atoms with Crippen LogP contribution in [-0.4, -0.2) is 33.3 Å². The van der Waals surface area contributed by atoms with E-state index < -0.39 is 10.8 Å². The molecule has 1 amide bonds. The highest BCUT2D eigenvalue weighted by atomic mass is 79.9. The Kier molecular flexibility index (Phi) is 8.59. The van der Waals surface area contributed by atoms with Crippen LogP contribution in [0.25, 0.3) is 10.9 Å². The van der Waals surface area contributed by atoms with Gasteiger partial charge in [-0.25, -0.2) is 4.98 Å². The molecule has 4 aromatic rings. The number of amides is 1. The lowest BCUT2D eigenvalue weighted by atomic mass is 10.2. The Morgan fingerprint density at radius 3 is 2.71 bits per heavy atom. The molecule has 0 bridgehead atoms. The topological polar surface area (TPSA) is 129 Å². The first-order valence-corrected chi connectivity index (χ1v) is 12.7. The Morgan fingerprint density at radius 2 is 1.97 bits per heavy atom. The molecule has 0 saturated heterocycles. The van der Waals surface area contributed by atoms with Gasteiger partial charge in [0.2, 0.25) is 0 Å². The largest absolute Gasteiger partial charge is 0.483 e. The zero-order valence-electron chi connectivity index (χ0n) is 20.5. The molecule has 4 rings (SSSR count). The quantitative estimate of drug-likeness (QED) is 0.154. The molecule has 194 valence electrons. The van der Waals surface area contributed by atoms with Crippen molar-refractivity contribution in [3.8, 4) is 5.75 Å². The highest BCUT2D eigenvalue weighted by Gasteiger charge is 2.14. The molecule has 1 heterocycles. The minimum atomic E-state index is -0.544. The maximum atomic E-state index is 13.3. The average Bonchev–Trinajstić information content (AvgIpc) is 2.91. The summed E-state index contributed by atoms with van der Waals surface area (Å²) in [6.07, 6.45) is 3.52. The van der Waals surface area contributed by atoms with E-state index >= 15 is 0 Å². The number of hydrogen-bond acceptors (Lipinski definition) is 7. The maximum absolute atomic E-state index is 13.3. The molecule has 0 unspecified atom stereocenters. The number of carbonyl (C=O) groups is 1. The summed E-state index contributed by atoms with van der Waals surface area (Å²) in [7, 11) is 0. The summed E-state index contributed by atoms with van der Waals surface area (Å²) in [5.74, 6) is 0.264. The van der Waals surface area contributed by atoms with Gasteiger partial charge in [-0.15, -0.1) is 0 Å². The van der Waals surface area contributed by atoms with Gasteiger partial charge >= 0.3 is 0 Å². The van der Waals surface area contributed by atoms with Crippen molar-refractivity contribution in [2.45, 2.75) is 26.2 Å². The first kappa shape index (κ1) is 26.7. The molecule has 1 aromatic heterocycles. The summed E-state index contributed by atoms with van der Waals surface area (Å²) >= 11 is 3.38. The average molecular weight is 578 g/mol. The first-order chi connectivity index (χ1) is 18.4. The zero-order valence-corrected chi connectivity index (χ0v) is 22.1. The van der Waals surface area contributed by atoms with Gasteiger partial charge in [0.15, 0.2) is 6.61 Å². The number of aryl methyl sites for hydroxylation is 1. The summed E-state index contributed by atoms with van der Waals surface area (Å²) in [5.41, 5.74) is 0.843. The Hall–Kier alpha value is -4.38. The van der Waals surface area contributed by atoms with Crippen LogP contribution in [0.2, 0.25) is 0 Å². The lowest BCUT2D eigenvalue weighted by molar-refractivity contribution is -0.384. The van der Waals surface area contributed by atoms with Gasteiger partial charge in [0.05, 0.1) is 22.0 Å². The number of hydrogen-bond donors (Lipinski definition) is 1. The number of fused-ring (bicyclic) bond motifs is 1. The molecule has 0 aliphatic carbocycles. The minimum Gasteiger partial charge on any atom is -0.483 e. The smallest absolute Gasteiger partial charge is 0.282 e. The monoisotopic (exact) mass is 577 g/mol. The predicted molar refractivity (Wildman–Crippen MR) is 149 cm³/mol. The number of benzene rings is 3. The molecule has 0 radical (unpaired) electrons. The number of non-ortho nitro benzene ring substituents is 1. The minimum absolute atomic E-state index is 0.188. The van der Waals surface area contributed by atoms with Crippen LogP contribution in [0, 0.1) is 10.1 Å². The second-order valence-electron chi connectivity index (χ2n) is 8.34. The van der Waals surface area contributed by atoms with Crippen LogP contribution < -0.4 is 15.6 Å². The third-order valence-corrected chi connectivity index (χ3v) is 6.06. The van der Waals surface area contributed by atoms with Gasteiger partial charge in [-0.3, -0.25) is 19.7 Å². The van der Waals surface area contributed by atoms with E-state index in [0.717, 1.165) is 17.3 Å². The third kappa shape index (κ3) is 6.48. The van der Waals surface area contributed by atoms with E-state index in [9.17, 15) is 19.7 Å². The molecule has 0 atom stereocenters. The molecule has 38 heavy (non-hydrogen) atoms. The molecule has 0 fully saturated rings. The van der Waals surface area contributed by atoms with E-state index in [4.69, 9.17) is 4.74 Å². The van der Waals surface area contributed by atoms with Gasteiger partial charge in [0.1, 0.15) is 11.6 Å². The van der Waals surface area contributed by atoms with E-state index in [2.05, 4.69) is 31.3 Å². The van der Waals surface area contributed by atoms with Crippen LogP contribution in [0.3, 0.4) is 0 Å². The standard InChI is InChI=1S/C27H24BrN5O5/c1-2-3-9-25-31-23-12-10-19(28)15-22(23)27(35)32(25)29-16-18-14-21(33(36)37)11-13-24(18)38-17-26(34)30-20-7-5-4-6-8-20/h4-8,10-16H,2-3,9,17H2,1H3,(H,30,34). The number of carbonyl (C=O) groups excluding carboxylic acids is 1. The highest BCUT2D eigenvalue weighted by molar-refractivity contribution is 9.10. The summed E-state index contributed by atoms with van der Waals surface area (Å²) in [5, 5.41) is 18.9. The normalized spacial score (nSPS) is 11.1. The number of ether oxygens (including phenoxy) is 1. The van der Waals surface area contributed by atoms with Crippen LogP contribution in [0.4, 0.5) is 11.4 Å². The molecule has 0 aliphatic heterocycles. The van der Waals surface area contributed by atoms with Crippen molar-refractivity contribution in [1.82, 2.24) is 9.66 Å². The summed E-state index contributed by atoms with van der Waals surface area (Å²) in [4.78, 5) is 41.2. The van der Waals surface area contributed by atoms with Gasteiger partial charge in [0.25, 0.3) is 17.2 Å². The fourth-order valence-electron chi connectivity index (χ4n) is 3.67. The SMILES string of the molecule is CCCCc1nc2ccc(Br)cc2c(=O)n1N=Cc1cc([N+](=O)[O-])ccc1OCC(=O)Nc1ccccc1. The number of nitrogens with zero attached hydrogens (tertiary/aromatic N) is 4. The van der Waals surface area contributed by atoms with Crippen molar-refractivity contribution in [3.63, 3.8) is 0 Å². The number of halogens is 1. The number of anilines is 1.